The Morgan fingerprint density at radius 2 is 2.25 bits per heavy atom. The van der Waals surface area contributed by atoms with Crippen LogP contribution in [0.4, 0.5) is 5.69 Å². The predicted octanol–water partition coefficient (Wildman–Crippen LogP) is 2.39. The molecule has 5 heteroatoms. The number of pyridine rings is 1. The third-order valence-electron chi connectivity index (χ3n) is 2.64. The Labute approximate surface area is 103 Å². The molecule has 0 amide bonds. The number of aromatic nitrogens is 1. The third-order valence-corrected chi connectivity index (χ3v) is 3.07. The quantitative estimate of drug-likeness (QED) is 0.838. The van der Waals surface area contributed by atoms with E-state index in [1.54, 1.807) is 12.4 Å². The molecule has 0 radical (unpaired) electrons. The number of halogens is 1. The van der Waals surface area contributed by atoms with E-state index in [4.69, 9.17) is 10.1 Å². The molecular formula is C11H14BrN3O. The summed E-state index contributed by atoms with van der Waals surface area (Å²) in [7, 11) is 0. The zero-order valence-corrected chi connectivity index (χ0v) is 10.5. The highest BCUT2D eigenvalue weighted by Crippen LogP contribution is 2.20. The van der Waals surface area contributed by atoms with E-state index >= 15 is 0 Å². The van der Waals surface area contributed by atoms with Gasteiger partial charge in [0.05, 0.1) is 0 Å². The van der Waals surface area contributed by atoms with Gasteiger partial charge in [0.1, 0.15) is 4.62 Å². The largest absolute Gasteiger partial charge is 0.381 e. The van der Waals surface area contributed by atoms with Gasteiger partial charge in [-0.05, 0) is 34.8 Å². The second-order valence-corrected chi connectivity index (χ2v) is 4.56. The van der Waals surface area contributed by atoms with Crippen LogP contribution in [-0.4, -0.2) is 28.9 Å². The minimum Gasteiger partial charge on any atom is -0.381 e. The summed E-state index contributed by atoms with van der Waals surface area (Å²) in [6.45, 7) is 1.62. The highest BCUT2D eigenvalue weighted by Gasteiger charge is 2.15. The van der Waals surface area contributed by atoms with Crippen molar-refractivity contribution in [1.29, 1.82) is 5.41 Å². The van der Waals surface area contributed by atoms with E-state index in [-0.39, 0.29) is 0 Å². The number of anilines is 1. The summed E-state index contributed by atoms with van der Waals surface area (Å²) in [6.07, 6.45) is 5.45. The molecule has 4 nitrogen and oxygen atoms in total. The van der Waals surface area contributed by atoms with Crippen molar-refractivity contribution < 1.29 is 4.74 Å². The molecule has 0 bridgehead atoms. The number of nitrogens with one attached hydrogen (secondary N) is 2. The van der Waals surface area contributed by atoms with Crippen LogP contribution in [0.5, 0.6) is 0 Å². The second kappa shape index (κ2) is 5.41. The van der Waals surface area contributed by atoms with Gasteiger partial charge in [0.15, 0.2) is 0 Å². The maximum atomic E-state index is 7.61. The van der Waals surface area contributed by atoms with Gasteiger partial charge in [-0.3, -0.25) is 10.4 Å². The van der Waals surface area contributed by atoms with Crippen molar-refractivity contribution in [3.63, 3.8) is 0 Å². The average Bonchev–Trinajstić information content (AvgIpc) is 2.31. The van der Waals surface area contributed by atoms with E-state index in [0.29, 0.717) is 10.7 Å². The molecule has 1 aliphatic heterocycles. The molecule has 1 aliphatic rings. The van der Waals surface area contributed by atoms with Gasteiger partial charge in [-0.15, -0.1) is 0 Å². The number of nitrogens with zero attached hydrogens (tertiary/aromatic N) is 1. The first kappa shape index (κ1) is 11.5. The predicted molar refractivity (Wildman–Crippen MR) is 67.5 cm³/mol. The van der Waals surface area contributed by atoms with E-state index in [2.05, 4.69) is 26.2 Å². The van der Waals surface area contributed by atoms with Crippen LogP contribution in [0.25, 0.3) is 0 Å². The summed E-state index contributed by atoms with van der Waals surface area (Å²) in [4.78, 5) is 4.02. The lowest BCUT2D eigenvalue weighted by molar-refractivity contribution is 0.0904. The Bertz CT molecular complexity index is 377. The van der Waals surface area contributed by atoms with Crippen molar-refractivity contribution in [3.8, 4) is 0 Å². The molecule has 16 heavy (non-hydrogen) atoms. The second-order valence-electron chi connectivity index (χ2n) is 3.77. The van der Waals surface area contributed by atoms with E-state index in [1.807, 2.05) is 6.07 Å². The van der Waals surface area contributed by atoms with E-state index in [1.165, 1.54) is 0 Å². The van der Waals surface area contributed by atoms with Crippen LogP contribution < -0.4 is 5.32 Å². The molecular weight excluding hydrogens is 270 g/mol. The normalized spacial score (nSPS) is 17.1. The first-order valence-electron chi connectivity index (χ1n) is 5.30. The van der Waals surface area contributed by atoms with Crippen molar-refractivity contribution >= 4 is 26.2 Å². The Morgan fingerprint density at radius 3 is 2.94 bits per heavy atom. The van der Waals surface area contributed by atoms with Crippen LogP contribution in [-0.2, 0) is 4.74 Å². The van der Waals surface area contributed by atoms with Crippen LogP contribution in [0.15, 0.2) is 18.5 Å². The first-order valence-corrected chi connectivity index (χ1v) is 6.09. The fraction of sp³-hybridized carbons (Fsp3) is 0.455. The molecule has 1 aromatic heterocycles. The van der Waals surface area contributed by atoms with Crippen molar-refractivity contribution in [2.24, 2.45) is 0 Å². The standard InChI is InChI=1S/C11H14BrN3O/c12-11(13)9-7-14-4-1-10(9)15-8-2-5-16-6-3-8/h1,4,7-8,13H,2-3,5-6H2,(H,14,15). The van der Waals surface area contributed by atoms with Crippen molar-refractivity contribution in [2.75, 3.05) is 18.5 Å². The van der Waals surface area contributed by atoms with Gasteiger partial charge in [0.2, 0.25) is 0 Å². The van der Waals surface area contributed by atoms with Crippen LogP contribution in [0.3, 0.4) is 0 Å². The highest BCUT2D eigenvalue weighted by atomic mass is 79.9. The van der Waals surface area contributed by atoms with Gasteiger partial charge in [0, 0.05) is 42.9 Å². The average molecular weight is 284 g/mol. The summed E-state index contributed by atoms with van der Waals surface area (Å²) >= 11 is 3.18. The third kappa shape index (κ3) is 2.80. The molecule has 1 saturated heterocycles. The fourth-order valence-electron chi connectivity index (χ4n) is 1.76. The van der Waals surface area contributed by atoms with Crippen LogP contribution in [0, 0.1) is 5.41 Å². The smallest absolute Gasteiger partial charge is 0.108 e. The summed E-state index contributed by atoms with van der Waals surface area (Å²) < 4.78 is 5.67. The van der Waals surface area contributed by atoms with Gasteiger partial charge in [-0.1, -0.05) is 0 Å². The number of hydrogen-bond donors (Lipinski definition) is 2. The molecule has 0 saturated carbocycles. The van der Waals surface area contributed by atoms with E-state index in [9.17, 15) is 0 Å². The van der Waals surface area contributed by atoms with Crippen molar-refractivity contribution in [3.05, 3.63) is 24.0 Å². The summed E-state index contributed by atoms with van der Waals surface area (Å²) in [5.74, 6) is 0. The molecule has 2 heterocycles. The number of hydrogen-bond acceptors (Lipinski definition) is 4. The topological polar surface area (TPSA) is 58.0 Å². The minimum atomic E-state index is 0.357. The maximum absolute atomic E-state index is 7.61. The first-order chi connectivity index (χ1) is 7.77. The van der Waals surface area contributed by atoms with E-state index < -0.39 is 0 Å². The zero-order chi connectivity index (χ0) is 11.4. The van der Waals surface area contributed by atoms with E-state index in [0.717, 1.165) is 37.3 Å². The lowest BCUT2D eigenvalue weighted by Gasteiger charge is -2.25. The van der Waals surface area contributed by atoms with Gasteiger partial charge in [0.25, 0.3) is 0 Å². The Hall–Kier alpha value is -0.940. The van der Waals surface area contributed by atoms with Crippen molar-refractivity contribution in [1.82, 2.24) is 4.98 Å². The zero-order valence-electron chi connectivity index (χ0n) is 8.87. The molecule has 0 unspecified atom stereocenters. The fourth-order valence-corrected chi connectivity index (χ4v) is 2.07. The van der Waals surface area contributed by atoms with Gasteiger partial charge in [-0.2, -0.15) is 0 Å². The van der Waals surface area contributed by atoms with Gasteiger partial charge in [-0.25, -0.2) is 0 Å². The lowest BCUT2D eigenvalue weighted by Crippen LogP contribution is -2.28. The Balaban J connectivity index is 2.10. The summed E-state index contributed by atoms with van der Waals surface area (Å²) in [6, 6.07) is 2.34. The lowest BCUT2D eigenvalue weighted by atomic mass is 10.1. The van der Waals surface area contributed by atoms with Crippen LogP contribution >= 0.6 is 15.9 Å². The minimum absolute atomic E-state index is 0.357. The Kier molecular flexibility index (Phi) is 3.90. The summed E-state index contributed by atoms with van der Waals surface area (Å²) in [5, 5.41) is 11.0. The molecule has 1 fully saturated rings. The van der Waals surface area contributed by atoms with Gasteiger partial charge >= 0.3 is 0 Å². The highest BCUT2D eigenvalue weighted by molar-refractivity contribution is 9.18. The molecule has 0 spiro atoms. The molecule has 2 rings (SSSR count). The SMILES string of the molecule is N=C(Br)c1cnccc1NC1CCOCC1. The van der Waals surface area contributed by atoms with Crippen LogP contribution in [0.2, 0.25) is 0 Å². The number of rotatable bonds is 3. The molecule has 0 aliphatic carbocycles. The molecule has 86 valence electrons. The maximum Gasteiger partial charge on any atom is 0.108 e. The molecule has 2 N–H and O–H groups in total. The van der Waals surface area contributed by atoms with Gasteiger partial charge < -0.3 is 10.1 Å². The monoisotopic (exact) mass is 283 g/mol. The van der Waals surface area contributed by atoms with Crippen LogP contribution in [0.1, 0.15) is 18.4 Å². The summed E-state index contributed by atoms with van der Waals surface area (Å²) in [5.41, 5.74) is 1.76. The van der Waals surface area contributed by atoms with Crippen molar-refractivity contribution in [2.45, 2.75) is 18.9 Å². The Morgan fingerprint density at radius 1 is 1.50 bits per heavy atom. The molecule has 1 aromatic rings. The molecule has 0 aromatic carbocycles. The molecule has 0 atom stereocenters. The number of ether oxygens (including phenoxy) is 1.